The lowest BCUT2D eigenvalue weighted by atomic mass is 9.94. The molecule has 4 heteroatoms. The highest BCUT2D eigenvalue weighted by Gasteiger charge is 2.24. The summed E-state index contributed by atoms with van der Waals surface area (Å²) < 4.78 is 7.35. The molecular weight excluding hydrogens is 304 g/mol. The van der Waals surface area contributed by atoms with Gasteiger partial charge in [0.25, 0.3) is 0 Å². The third-order valence-corrected chi connectivity index (χ3v) is 4.90. The molecule has 1 aromatic carbocycles. The average molecular weight is 321 g/mol. The molecule has 1 saturated heterocycles. The monoisotopic (exact) mass is 320 g/mol. The molecule has 0 N–H and O–H groups in total. The van der Waals surface area contributed by atoms with Gasteiger partial charge in [-0.25, -0.2) is 4.68 Å². The summed E-state index contributed by atoms with van der Waals surface area (Å²) in [7, 11) is 0. The van der Waals surface area contributed by atoms with Crippen LogP contribution in [-0.4, -0.2) is 23.0 Å². The highest BCUT2D eigenvalue weighted by atomic mass is 79.9. The Bertz CT molecular complexity index is 520. The van der Waals surface area contributed by atoms with Gasteiger partial charge in [-0.15, -0.1) is 0 Å². The fourth-order valence-corrected chi connectivity index (χ4v) is 3.25. The predicted molar refractivity (Wildman–Crippen MR) is 78.8 cm³/mol. The van der Waals surface area contributed by atoms with E-state index in [0.717, 1.165) is 31.7 Å². The second-order valence-electron chi connectivity index (χ2n) is 4.91. The third kappa shape index (κ3) is 2.90. The largest absolute Gasteiger partial charge is 0.381 e. The Balaban J connectivity index is 1.77. The van der Waals surface area contributed by atoms with Crippen LogP contribution in [0.4, 0.5) is 0 Å². The number of alkyl halides is 1. The van der Waals surface area contributed by atoms with Gasteiger partial charge in [0.1, 0.15) is 0 Å². The minimum Gasteiger partial charge on any atom is -0.381 e. The number of rotatable bonds is 3. The zero-order valence-corrected chi connectivity index (χ0v) is 12.3. The van der Waals surface area contributed by atoms with Crippen molar-refractivity contribution in [3.63, 3.8) is 0 Å². The average Bonchev–Trinajstić information content (AvgIpc) is 2.98. The minimum atomic E-state index is 0.369. The van der Waals surface area contributed by atoms with E-state index >= 15 is 0 Å². The van der Waals surface area contributed by atoms with Crippen molar-refractivity contribution >= 4 is 15.9 Å². The molecule has 0 bridgehead atoms. The van der Waals surface area contributed by atoms with Gasteiger partial charge in [0.2, 0.25) is 0 Å². The van der Waals surface area contributed by atoms with Crippen LogP contribution in [0.5, 0.6) is 0 Å². The van der Waals surface area contributed by atoms with Gasteiger partial charge < -0.3 is 4.74 Å². The fourth-order valence-electron chi connectivity index (χ4n) is 2.48. The Morgan fingerprint density at radius 3 is 2.68 bits per heavy atom. The van der Waals surface area contributed by atoms with Crippen LogP contribution in [0.3, 0.4) is 0 Å². The molecule has 1 unspecified atom stereocenters. The first-order chi connectivity index (χ1) is 9.34. The molecule has 0 aliphatic carbocycles. The van der Waals surface area contributed by atoms with Gasteiger partial charge in [-0.05, 0) is 30.9 Å². The highest BCUT2D eigenvalue weighted by Crippen LogP contribution is 2.36. The summed E-state index contributed by atoms with van der Waals surface area (Å²) in [6.45, 7) is 1.75. The topological polar surface area (TPSA) is 27.1 Å². The number of aromatic nitrogens is 2. The standard InChI is InChI=1S/C15H17BrN2O/c16-15(12-6-8-19-9-7-12)13-10-17-18(11-13)14-4-2-1-3-5-14/h1-5,10-12,15H,6-9H2. The molecule has 1 fully saturated rings. The summed E-state index contributed by atoms with van der Waals surface area (Å²) in [6.07, 6.45) is 6.31. The van der Waals surface area contributed by atoms with E-state index < -0.39 is 0 Å². The lowest BCUT2D eigenvalue weighted by molar-refractivity contribution is 0.0662. The van der Waals surface area contributed by atoms with Crippen molar-refractivity contribution in [2.45, 2.75) is 17.7 Å². The number of benzene rings is 1. The Labute approximate surface area is 121 Å². The van der Waals surface area contributed by atoms with Crippen molar-refractivity contribution < 1.29 is 4.74 Å². The fraction of sp³-hybridized carbons (Fsp3) is 0.400. The van der Waals surface area contributed by atoms with Crippen LogP contribution in [0.1, 0.15) is 23.2 Å². The zero-order chi connectivity index (χ0) is 13.1. The molecule has 3 nitrogen and oxygen atoms in total. The smallest absolute Gasteiger partial charge is 0.0645 e. The number of halogens is 1. The molecule has 1 aliphatic rings. The number of hydrogen-bond donors (Lipinski definition) is 0. The molecule has 0 amide bonds. The summed E-state index contributed by atoms with van der Waals surface area (Å²) in [5.41, 5.74) is 2.34. The van der Waals surface area contributed by atoms with Crippen molar-refractivity contribution in [3.05, 3.63) is 48.3 Å². The van der Waals surface area contributed by atoms with E-state index in [1.807, 2.05) is 29.1 Å². The lowest BCUT2D eigenvalue weighted by Crippen LogP contribution is -2.19. The Kier molecular flexibility index (Phi) is 3.99. The third-order valence-electron chi connectivity index (χ3n) is 3.62. The van der Waals surface area contributed by atoms with E-state index in [4.69, 9.17) is 4.74 Å². The number of para-hydroxylation sites is 1. The summed E-state index contributed by atoms with van der Waals surface area (Å²) in [4.78, 5) is 0.369. The van der Waals surface area contributed by atoms with Gasteiger partial charge in [-0.1, -0.05) is 34.1 Å². The molecule has 2 heterocycles. The quantitative estimate of drug-likeness (QED) is 0.806. The second-order valence-corrected chi connectivity index (χ2v) is 5.89. The molecule has 1 aromatic heterocycles. The van der Waals surface area contributed by atoms with Crippen LogP contribution < -0.4 is 0 Å². The molecule has 2 aromatic rings. The van der Waals surface area contributed by atoms with Crippen LogP contribution in [0.15, 0.2) is 42.7 Å². The number of ether oxygens (including phenoxy) is 1. The maximum absolute atomic E-state index is 5.42. The van der Waals surface area contributed by atoms with E-state index in [1.165, 1.54) is 5.56 Å². The maximum atomic E-state index is 5.42. The maximum Gasteiger partial charge on any atom is 0.0645 e. The predicted octanol–water partition coefficient (Wildman–Crippen LogP) is 3.73. The SMILES string of the molecule is BrC(c1cnn(-c2ccccc2)c1)C1CCOCC1. The molecule has 0 saturated carbocycles. The van der Waals surface area contributed by atoms with Crippen molar-refractivity contribution in [1.29, 1.82) is 0 Å². The lowest BCUT2D eigenvalue weighted by Gasteiger charge is -2.25. The van der Waals surface area contributed by atoms with Gasteiger partial charge in [-0.2, -0.15) is 5.10 Å². The summed E-state index contributed by atoms with van der Waals surface area (Å²) >= 11 is 3.82. The molecule has 100 valence electrons. The van der Waals surface area contributed by atoms with Gasteiger partial charge >= 0.3 is 0 Å². The van der Waals surface area contributed by atoms with Crippen molar-refractivity contribution in [2.24, 2.45) is 5.92 Å². The van der Waals surface area contributed by atoms with E-state index in [1.54, 1.807) is 0 Å². The van der Waals surface area contributed by atoms with Crippen LogP contribution >= 0.6 is 15.9 Å². The normalized spacial score (nSPS) is 18.4. The Hall–Kier alpha value is -1.13. The summed E-state index contributed by atoms with van der Waals surface area (Å²) in [5.74, 6) is 0.641. The number of hydrogen-bond acceptors (Lipinski definition) is 2. The van der Waals surface area contributed by atoms with Gasteiger partial charge in [0, 0.05) is 29.8 Å². The summed E-state index contributed by atoms with van der Waals surface area (Å²) in [6, 6.07) is 10.2. The summed E-state index contributed by atoms with van der Waals surface area (Å²) in [5, 5.41) is 4.46. The second kappa shape index (κ2) is 5.88. The van der Waals surface area contributed by atoms with E-state index in [9.17, 15) is 0 Å². The molecule has 3 rings (SSSR count). The molecule has 1 atom stereocenters. The van der Waals surface area contributed by atoms with E-state index in [0.29, 0.717) is 10.7 Å². The van der Waals surface area contributed by atoms with E-state index in [-0.39, 0.29) is 0 Å². The van der Waals surface area contributed by atoms with Crippen molar-refractivity contribution in [3.8, 4) is 5.69 Å². The molecular formula is C15H17BrN2O. The van der Waals surface area contributed by atoms with Crippen molar-refractivity contribution in [1.82, 2.24) is 9.78 Å². The Morgan fingerprint density at radius 1 is 1.21 bits per heavy atom. The molecule has 19 heavy (non-hydrogen) atoms. The van der Waals surface area contributed by atoms with Crippen LogP contribution in [0.2, 0.25) is 0 Å². The highest BCUT2D eigenvalue weighted by molar-refractivity contribution is 9.09. The van der Waals surface area contributed by atoms with Crippen LogP contribution in [-0.2, 0) is 4.74 Å². The molecule has 1 aliphatic heterocycles. The molecule has 0 spiro atoms. The van der Waals surface area contributed by atoms with Gasteiger partial charge in [0.05, 0.1) is 11.9 Å². The van der Waals surface area contributed by atoms with Gasteiger partial charge in [-0.3, -0.25) is 0 Å². The van der Waals surface area contributed by atoms with E-state index in [2.05, 4.69) is 39.4 Å². The van der Waals surface area contributed by atoms with Crippen LogP contribution in [0.25, 0.3) is 5.69 Å². The first kappa shape index (κ1) is 12.9. The van der Waals surface area contributed by atoms with Gasteiger partial charge in [0.15, 0.2) is 0 Å². The first-order valence-electron chi connectivity index (χ1n) is 6.66. The zero-order valence-electron chi connectivity index (χ0n) is 10.7. The van der Waals surface area contributed by atoms with Crippen molar-refractivity contribution in [2.75, 3.05) is 13.2 Å². The number of nitrogens with zero attached hydrogens (tertiary/aromatic N) is 2. The first-order valence-corrected chi connectivity index (χ1v) is 7.58. The minimum absolute atomic E-state index is 0.369. The van der Waals surface area contributed by atoms with Crippen LogP contribution in [0, 0.1) is 5.92 Å². The Morgan fingerprint density at radius 2 is 1.95 bits per heavy atom. The molecule has 0 radical (unpaired) electrons.